The van der Waals surface area contributed by atoms with Crippen molar-refractivity contribution in [3.05, 3.63) is 93.0 Å². The summed E-state index contributed by atoms with van der Waals surface area (Å²) >= 11 is 12.4. The molecule has 1 atom stereocenters. The minimum Gasteiger partial charge on any atom is -0.495 e. The van der Waals surface area contributed by atoms with Crippen molar-refractivity contribution in [3.63, 3.8) is 0 Å². The van der Waals surface area contributed by atoms with Gasteiger partial charge in [0.15, 0.2) is 0 Å². The number of nitrogens with one attached hydrogen (secondary N) is 1. The number of anilines is 1. The zero-order chi connectivity index (χ0) is 27.2. The van der Waals surface area contributed by atoms with Gasteiger partial charge in [0.1, 0.15) is 11.6 Å². The second-order valence-corrected chi connectivity index (χ2v) is 9.77. The number of unbranched alkanes of at least 4 members (excludes halogenated alkanes) is 2. The third kappa shape index (κ3) is 5.79. The minimum atomic E-state index is -0.569. The number of methoxy groups -OCH3 is 1. The highest BCUT2D eigenvalue weighted by molar-refractivity contribution is 6.36. The van der Waals surface area contributed by atoms with Gasteiger partial charge in [-0.15, -0.1) is 0 Å². The number of hydrogen-bond donors (Lipinski definition) is 1. The minimum absolute atomic E-state index is 0.239. The van der Waals surface area contributed by atoms with Gasteiger partial charge in [-0.25, -0.2) is 9.78 Å². The zero-order valence-corrected chi connectivity index (χ0v) is 23.1. The Labute approximate surface area is 232 Å². The fraction of sp³-hybridized carbons (Fsp3) is 0.276. The van der Waals surface area contributed by atoms with E-state index in [1.807, 2.05) is 31.2 Å². The third-order valence-corrected chi connectivity index (χ3v) is 6.95. The summed E-state index contributed by atoms with van der Waals surface area (Å²) < 4.78 is 7.13. The molecule has 1 unspecified atom stereocenters. The Morgan fingerprint density at radius 1 is 1.08 bits per heavy atom. The van der Waals surface area contributed by atoms with Crippen LogP contribution in [0.15, 0.2) is 71.5 Å². The number of para-hydroxylation sites is 3. The van der Waals surface area contributed by atoms with E-state index in [4.69, 9.17) is 32.9 Å². The van der Waals surface area contributed by atoms with Crippen molar-refractivity contribution in [1.82, 2.24) is 14.5 Å². The quantitative estimate of drug-likeness (QED) is 0.218. The van der Waals surface area contributed by atoms with Gasteiger partial charge in [0.2, 0.25) is 0 Å². The largest absolute Gasteiger partial charge is 0.495 e. The number of carbonyl (C=O) groups is 1. The molecule has 198 valence electrons. The van der Waals surface area contributed by atoms with Crippen LogP contribution in [0.1, 0.15) is 45.0 Å². The van der Waals surface area contributed by atoms with Gasteiger partial charge in [0.25, 0.3) is 5.56 Å². The molecular weight excluding hydrogens is 523 g/mol. The van der Waals surface area contributed by atoms with Crippen LogP contribution in [0.3, 0.4) is 0 Å². The highest BCUT2D eigenvalue weighted by Crippen LogP contribution is 2.30. The van der Waals surface area contributed by atoms with E-state index in [0.29, 0.717) is 50.4 Å². The molecule has 0 spiro atoms. The predicted octanol–water partition coefficient (Wildman–Crippen LogP) is 7.49. The molecule has 0 aliphatic rings. The molecule has 1 heterocycles. The Morgan fingerprint density at radius 2 is 1.82 bits per heavy atom. The normalized spacial score (nSPS) is 11.8. The van der Waals surface area contributed by atoms with Gasteiger partial charge >= 0.3 is 6.03 Å². The van der Waals surface area contributed by atoms with Crippen LogP contribution in [0.4, 0.5) is 10.5 Å². The van der Waals surface area contributed by atoms with Crippen molar-refractivity contribution >= 4 is 45.8 Å². The maximum absolute atomic E-state index is 13.9. The van der Waals surface area contributed by atoms with Crippen LogP contribution in [0.25, 0.3) is 16.6 Å². The Balaban J connectivity index is 1.85. The number of amides is 2. The number of benzene rings is 3. The molecule has 0 fully saturated rings. The van der Waals surface area contributed by atoms with Gasteiger partial charge < -0.3 is 15.0 Å². The topological polar surface area (TPSA) is 76.5 Å². The fourth-order valence-electron chi connectivity index (χ4n) is 4.40. The zero-order valence-electron chi connectivity index (χ0n) is 21.6. The molecule has 2 amide bonds. The summed E-state index contributed by atoms with van der Waals surface area (Å²) in [5.74, 6) is 0.946. The molecule has 0 aliphatic carbocycles. The van der Waals surface area contributed by atoms with Gasteiger partial charge in [-0.1, -0.05) is 67.2 Å². The van der Waals surface area contributed by atoms with Crippen LogP contribution in [-0.4, -0.2) is 34.1 Å². The van der Waals surface area contributed by atoms with Crippen LogP contribution >= 0.6 is 23.2 Å². The van der Waals surface area contributed by atoms with Crippen LogP contribution < -0.4 is 15.6 Å². The highest BCUT2D eigenvalue weighted by Gasteiger charge is 2.28. The Morgan fingerprint density at radius 3 is 2.55 bits per heavy atom. The number of halogens is 2. The fourth-order valence-corrected chi connectivity index (χ4v) is 4.85. The second-order valence-electron chi connectivity index (χ2n) is 8.93. The molecule has 0 radical (unpaired) electrons. The van der Waals surface area contributed by atoms with Crippen molar-refractivity contribution in [2.75, 3.05) is 19.0 Å². The molecular formula is C29H30Cl2N4O3. The average Bonchev–Trinajstić information content (AvgIpc) is 2.92. The van der Waals surface area contributed by atoms with E-state index in [-0.39, 0.29) is 11.6 Å². The van der Waals surface area contributed by atoms with E-state index >= 15 is 0 Å². The number of aromatic nitrogens is 2. The van der Waals surface area contributed by atoms with Crippen molar-refractivity contribution in [2.24, 2.45) is 0 Å². The van der Waals surface area contributed by atoms with Crippen molar-refractivity contribution in [1.29, 1.82) is 0 Å². The van der Waals surface area contributed by atoms with Gasteiger partial charge in [-0.2, -0.15) is 0 Å². The van der Waals surface area contributed by atoms with Crippen molar-refractivity contribution in [3.8, 4) is 11.4 Å². The van der Waals surface area contributed by atoms with Gasteiger partial charge in [0, 0.05) is 11.6 Å². The lowest BCUT2D eigenvalue weighted by Crippen LogP contribution is -2.40. The predicted molar refractivity (Wildman–Crippen MR) is 154 cm³/mol. The van der Waals surface area contributed by atoms with Crippen LogP contribution in [-0.2, 0) is 0 Å². The second kappa shape index (κ2) is 12.3. The number of ether oxygens (including phenoxy) is 1. The maximum atomic E-state index is 13.9. The van der Waals surface area contributed by atoms with E-state index in [9.17, 15) is 9.59 Å². The van der Waals surface area contributed by atoms with E-state index in [1.54, 1.807) is 59.0 Å². The molecule has 0 bridgehead atoms. The molecule has 1 N–H and O–H groups in total. The number of hydrogen-bond acceptors (Lipinski definition) is 4. The summed E-state index contributed by atoms with van der Waals surface area (Å²) in [5, 5.41) is 4.19. The number of carbonyl (C=O) groups excluding carboxylic acids is 1. The summed E-state index contributed by atoms with van der Waals surface area (Å²) in [5.41, 5.74) is 1.31. The number of nitrogens with zero attached hydrogens (tertiary/aromatic N) is 3. The SMILES string of the molecule is CCCCCN(C(=O)Nc1ccc(Cl)cc1Cl)C(C)c1nc2ccccc2c(=O)n1-c1ccccc1OC. The first kappa shape index (κ1) is 27.5. The molecule has 4 rings (SSSR count). The first-order valence-corrected chi connectivity index (χ1v) is 13.3. The standard InChI is InChI=1S/C29H30Cl2N4O3/c1-4-5-10-17-34(29(37)33-24-16-15-20(30)18-22(24)31)19(2)27-32-23-12-7-6-11-21(23)28(36)35(27)25-13-8-9-14-26(25)38-3/h6-9,11-16,18-19H,4-5,10,17H2,1-3H3,(H,33,37). The molecule has 9 heteroatoms. The lowest BCUT2D eigenvalue weighted by Gasteiger charge is -2.31. The summed E-state index contributed by atoms with van der Waals surface area (Å²) in [6.07, 6.45) is 2.73. The summed E-state index contributed by atoms with van der Waals surface area (Å²) in [7, 11) is 1.56. The number of rotatable bonds is 9. The first-order valence-electron chi connectivity index (χ1n) is 12.5. The molecule has 4 aromatic rings. The van der Waals surface area contributed by atoms with Crippen LogP contribution in [0, 0.1) is 0 Å². The van der Waals surface area contributed by atoms with Gasteiger partial charge in [0.05, 0.1) is 40.5 Å². The number of fused-ring (bicyclic) bond motifs is 1. The van der Waals surface area contributed by atoms with Crippen molar-refractivity contribution in [2.45, 2.75) is 39.2 Å². The monoisotopic (exact) mass is 552 g/mol. The lowest BCUT2D eigenvalue weighted by molar-refractivity contribution is 0.187. The Kier molecular flexibility index (Phi) is 8.92. The first-order chi connectivity index (χ1) is 18.3. The Bertz CT molecular complexity index is 1510. The van der Waals surface area contributed by atoms with Crippen LogP contribution in [0.2, 0.25) is 10.0 Å². The molecule has 0 saturated carbocycles. The summed E-state index contributed by atoms with van der Waals surface area (Å²) in [6.45, 7) is 4.43. The summed E-state index contributed by atoms with van der Waals surface area (Å²) in [4.78, 5) is 34.1. The van der Waals surface area contributed by atoms with Crippen molar-refractivity contribution < 1.29 is 9.53 Å². The maximum Gasteiger partial charge on any atom is 0.322 e. The Hall–Kier alpha value is -3.55. The van der Waals surface area contributed by atoms with E-state index in [1.165, 1.54) is 0 Å². The molecule has 3 aromatic carbocycles. The molecule has 7 nitrogen and oxygen atoms in total. The summed E-state index contributed by atoms with van der Waals surface area (Å²) in [6, 6.07) is 18.4. The number of urea groups is 1. The lowest BCUT2D eigenvalue weighted by atomic mass is 10.1. The van der Waals surface area contributed by atoms with E-state index in [0.717, 1.165) is 19.3 Å². The van der Waals surface area contributed by atoms with Gasteiger partial charge in [-0.05, 0) is 55.8 Å². The molecule has 38 heavy (non-hydrogen) atoms. The van der Waals surface area contributed by atoms with E-state index < -0.39 is 6.04 Å². The highest BCUT2D eigenvalue weighted by atomic mass is 35.5. The average molecular weight is 553 g/mol. The molecule has 0 aliphatic heterocycles. The molecule has 0 saturated heterocycles. The smallest absolute Gasteiger partial charge is 0.322 e. The van der Waals surface area contributed by atoms with Crippen LogP contribution in [0.5, 0.6) is 5.75 Å². The van der Waals surface area contributed by atoms with Gasteiger partial charge in [-0.3, -0.25) is 9.36 Å². The van der Waals surface area contributed by atoms with E-state index in [2.05, 4.69) is 12.2 Å². The third-order valence-electron chi connectivity index (χ3n) is 6.41. The molecule has 1 aromatic heterocycles.